The van der Waals surface area contributed by atoms with Gasteiger partial charge in [-0.15, -0.1) is 0 Å². The molecule has 1 aliphatic rings. The molecule has 3 aromatic heterocycles. The van der Waals surface area contributed by atoms with E-state index in [-0.39, 0.29) is 28.6 Å². The molecule has 0 saturated heterocycles. The van der Waals surface area contributed by atoms with Crippen LogP contribution in [0.2, 0.25) is 0 Å². The fourth-order valence-corrected chi connectivity index (χ4v) is 4.30. The first kappa shape index (κ1) is 23.1. The molecule has 0 aliphatic heterocycles. The molecule has 0 aromatic carbocycles. The first-order chi connectivity index (χ1) is 15.6. The maximum absolute atomic E-state index is 13.5. The van der Waals surface area contributed by atoms with Gasteiger partial charge in [-0.05, 0) is 43.9 Å². The average molecular weight is 467 g/mol. The molecule has 0 radical (unpaired) electrons. The molecular weight excluding hydrogens is 445 g/mol. The van der Waals surface area contributed by atoms with Crippen molar-refractivity contribution in [1.29, 1.82) is 0 Å². The molecule has 1 fully saturated rings. The van der Waals surface area contributed by atoms with Crippen LogP contribution in [0.3, 0.4) is 0 Å². The summed E-state index contributed by atoms with van der Waals surface area (Å²) in [4.78, 5) is 17.1. The van der Waals surface area contributed by atoms with E-state index in [9.17, 15) is 26.7 Å². The Balaban J connectivity index is 1.85. The Morgan fingerprint density at radius 2 is 1.88 bits per heavy atom. The minimum absolute atomic E-state index is 0.0736. The normalized spacial score (nSPS) is 15.4. The van der Waals surface area contributed by atoms with Crippen LogP contribution >= 0.6 is 0 Å². The third-order valence-corrected chi connectivity index (χ3v) is 5.93. The number of aromatic nitrogens is 5. The predicted molar refractivity (Wildman–Crippen MR) is 110 cm³/mol. The highest BCUT2D eigenvalue weighted by Gasteiger charge is 2.34. The Bertz CT molecular complexity index is 1190. The molecule has 3 aromatic rings. The fraction of sp³-hybridized carbons (Fsp3) is 0.455. The molecule has 33 heavy (non-hydrogen) atoms. The average Bonchev–Trinajstić information content (AvgIpc) is 3.17. The molecule has 0 unspecified atom stereocenters. The van der Waals surface area contributed by atoms with Gasteiger partial charge in [-0.3, -0.25) is 9.78 Å². The van der Waals surface area contributed by atoms with Crippen LogP contribution in [0.15, 0.2) is 35.4 Å². The highest BCUT2D eigenvalue weighted by atomic mass is 19.4. The second kappa shape index (κ2) is 9.03. The number of aryl methyl sites for hydroxylation is 1. The quantitative estimate of drug-likeness (QED) is 0.477. The number of pyridine rings is 1. The summed E-state index contributed by atoms with van der Waals surface area (Å²) < 4.78 is 68.1. The molecule has 0 amide bonds. The van der Waals surface area contributed by atoms with E-state index in [1.165, 1.54) is 19.2 Å². The topological polar surface area (TPSA) is 65.6 Å². The number of hydrogen-bond acceptors (Lipinski definition) is 4. The summed E-state index contributed by atoms with van der Waals surface area (Å²) in [5, 5.41) is 8.04. The number of halogens is 5. The number of alkyl halides is 5. The molecule has 0 bridgehead atoms. The zero-order chi connectivity index (χ0) is 23.8. The van der Waals surface area contributed by atoms with Crippen molar-refractivity contribution in [3.05, 3.63) is 63.5 Å². The van der Waals surface area contributed by atoms with Crippen LogP contribution in [0.25, 0.3) is 11.3 Å². The summed E-state index contributed by atoms with van der Waals surface area (Å²) in [6, 6.07) is 3.64. The summed E-state index contributed by atoms with van der Waals surface area (Å²) in [5.74, 6) is -0.0736. The number of rotatable bonds is 5. The third-order valence-electron chi connectivity index (χ3n) is 5.93. The molecule has 11 heteroatoms. The van der Waals surface area contributed by atoms with E-state index in [1.807, 2.05) is 0 Å². The smallest absolute Gasteiger partial charge is 0.267 e. The standard InChI is InChI=1S/C22H22F5N5O/c1-13-16(11-32(29-13)21(23)24)18-10-15(14-6-3-2-4-7-14)20(33)31(30-18)12-19-17(22(25,26)27)8-5-9-28-19/h5,8-11,14,21H,2-4,6-7,12H2,1H3. The third kappa shape index (κ3) is 4.81. The molecule has 0 spiro atoms. The van der Waals surface area contributed by atoms with Crippen molar-refractivity contribution in [1.82, 2.24) is 24.5 Å². The SMILES string of the molecule is Cc1nn(C(F)F)cc1-c1cc(C2CCCCC2)c(=O)n(Cc2ncccc2C(F)(F)F)n1. The lowest BCUT2D eigenvalue weighted by molar-refractivity contribution is -0.138. The predicted octanol–water partition coefficient (Wildman–Crippen LogP) is 5.32. The van der Waals surface area contributed by atoms with Gasteiger partial charge in [0.15, 0.2) is 0 Å². The maximum atomic E-state index is 13.5. The maximum Gasteiger partial charge on any atom is 0.418 e. The lowest BCUT2D eigenvalue weighted by Gasteiger charge is -2.22. The Labute approximate surface area is 186 Å². The Kier molecular flexibility index (Phi) is 6.31. The van der Waals surface area contributed by atoms with Crippen molar-refractivity contribution >= 4 is 0 Å². The number of hydrogen-bond donors (Lipinski definition) is 0. The number of nitrogens with zero attached hydrogens (tertiary/aromatic N) is 5. The Morgan fingerprint density at radius 3 is 2.52 bits per heavy atom. The van der Waals surface area contributed by atoms with Gasteiger partial charge in [0.2, 0.25) is 0 Å². The second-order valence-corrected chi connectivity index (χ2v) is 8.16. The van der Waals surface area contributed by atoms with Crippen molar-refractivity contribution < 1.29 is 22.0 Å². The van der Waals surface area contributed by atoms with Crippen LogP contribution in [0.4, 0.5) is 22.0 Å². The largest absolute Gasteiger partial charge is 0.418 e. The van der Waals surface area contributed by atoms with Crippen LogP contribution in [0, 0.1) is 6.92 Å². The molecule has 1 saturated carbocycles. The van der Waals surface area contributed by atoms with Gasteiger partial charge in [-0.25, -0.2) is 9.36 Å². The zero-order valence-corrected chi connectivity index (χ0v) is 17.8. The van der Waals surface area contributed by atoms with Gasteiger partial charge < -0.3 is 0 Å². The monoisotopic (exact) mass is 467 g/mol. The van der Waals surface area contributed by atoms with Gasteiger partial charge in [-0.1, -0.05) is 19.3 Å². The molecule has 0 atom stereocenters. The summed E-state index contributed by atoms with van der Waals surface area (Å²) in [6.07, 6.45) is 2.15. The summed E-state index contributed by atoms with van der Waals surface area (Å²) in [7, 11) is 0. The molecule has 1 aliphatic carbocycles. The fourth-order valence-electron chi connectivity index (χ4n) is 4.30. The van der Waals surface area contributed by atoms with Gasteiger partial charge in [0.25, 0.3) is 5.56 Å². The van der Waals surface area contributed by atoms with Crippen molar-refractivity contribution in [2.24, 2.45) is 0 Å². The van der Waals surface area contributed by atoms with Crippen LogP contribution in [0.1, 0.15) is 67.1 Å². The second-order valence-electron chi connectivity index (χ2n) is 8.16. The highest BCUT2D eigenvalue weighted by molar-refractivity contribution is 5.61. The Hall–Kier alpha value is -3.11. The van der Waals surface area contributed by atoms with Gasteiger partial charge >= 0.3 is 12.7 Å². The van der Waals surface area contributed by atoms with E-state index < -0.39 is 30.4 Å². The Morgan fingerprint density at radius 1 is 1.15 bits per heavy atom. The van der Waals surface area contributed by atoms with Crippen LogP contribution in [-0.2, 0) is 12.7 Å². The van der Waals surface area contributed by atoms with Gasteiger partial charge in [-0.2, -0.15) is 32.1 Å². The summed E-state index contributed by atoms with van der Waals surface area (Å²) in [6.45, 7) is -1.82. The molecular formula is C22H22F5N5O. The van der Waals surface area contributed by atoms with Gasteiger partial charge in [0.05, 0.1) is 29.2 Å². The lowest BCUT2D eigenvalue weighted by atomic mass is 9.84. The van der Waals surface area contributed by atoms with E-state index in [4.69, 9.17) is 0 Å². The summed E-state index contributed by atoms with van der Waals surface area (Å²) >= 11 is 0. The lowest BCUT2D eigenvalue weighted by Crippen LogP contribution is -2.30. The minimum atomic E-state index is -4.65. The van der Waals surface area contributed by atoms with E-state index in [1.54, 1.807) is 6.07 Å². The molecule has 3 heterocycles. The summed E-state index contributed by atoms with van der Waals surface area (Å²) in [5.41, 5.74) is -0.591. The van der Waals surface area contributed by atoms with Crippen molar-refractivity contribution in [2.75, 3.05) is 0 Å². The molecule has 4 rings (SSSR count). The van der Waals surface area contributed by atoms with Crippen molar-refractivity contribution in [2.45, 2.75) is 64.2 Å². The van der Waals surface area contributed by atoms with E-state index in [0.717, 1.165) is 49.0 Å². The van der Waals surface area contributed by atoms with E-state index in [2.05, 4.69) is 15.2 Å². The van der Waals surface area contributed by atoms with Gasteiger partial charge in [0, 0.05) is 23.5 Å². The van der Waals surface area contributed by atoms with Crippen LogP contribution in [0.5, 0.6) is 0 Å². The highest BCUT2D eigenvalue weighted by Crippen LogP contribution is 2.34. The van der Waals surface area contributed by atoms with Crippen LogP contribution in [-0.4, -0.2) is 24.5 Å². The minimum Gasteiger partial charge on any atom is -0.267 e. The van der Waals surface area contributed by atoms with Crippen molar-refractivity contribution in [3.8, 4) is 11.3 Å². The first-order valence-electron chi connectivity index (χ1n) is 10.6. The van der Waals surface area contributed by atoms with Crippen molar-refractivity contribution in [3.63, 3.8) is 0 Å². The molecule has 0 N–H and O–H groups in total. The molecule has 176 valence electrons. The van der Waals surface area contributed by atoms with Crippen LogP contribution < -0.4 is 5.56 Å². The van der Waals surface area contributed by atoms with E-state index in [0.29, 0.717) is 10.2 Å². The zero-order valence-electron chi connectivity index (χ0n) is 17.8. The first-order valence-corrected chi connectivity index (χ1v) is 10.6. The van der Waals surface area contributed by atoms with E-state index >= 15 is 0 Å². The molecule has 6 nitrogen and oxygen atoms in total. The van der Waals surface area contributed by atoms with Gasteiger partial charge in [0.1, 0.15) is 0 Å².